The van der Waals surface area contributed by atoms with Gasteiger partial charge in [-0.05, 0) is 30.3 Å². The Kier molecular flexibility index (Phi) is 4.62. The van der Waals surface area contributed by atoms with Crippen LogP contribution in [0.15, 0.2) is 53.7 Å². The van der Waals surface area contributed by atoms with E-state index < -0.39 is 38.0 Å². The zero-order chi connectivity index (χ0) is 21.7. The smallest absolute Gasteiger partial charge is 0.284 e. The van der Waals surface area contributed by atoms with Crippen LogP contribution in [-0.4, -0.2) is 25.0 Å². The van der Waals surface area contributed by atoms with Crippen LogP contribution in [0.4, 0.5) is 32.0 Å². The third-order valence-corrected chi connectivity index (χ3v) is 6.06. The number of hydrogen-bond acceptors (Lipinski definition) is 3. The molecule has 0 unspecified atom stereocenters. The van der Waals surface area contributed by atoms with Crippen molar-refractivity contribution >= 4 is 26.1 Å². The van der Waals surface area contributed by atoms with Gasteiger partial charge in [-0.2, -0.15) is 30.6 Å². The third kappa shape index (κ3) is 4.17. The fourth-order valence-corrected chi connectivity index (χ4v) is 4.14. The second-order valence-electron chi connectivity index (χ2n) is 6.32. The number of pyridine rings is 2. The van der Waals surface area contributed by atoms with Crippen molar-refractivity contribution in [3.8, 4) is 0 Å². The SMILES string of the molecule is CS(=O)(O)(Nc1ccc(C(F)(F)F)c2cccnc12)c1ccc(C(F)(F)F)nc1. The second kappa shape index (κ2) is 6.39. The van der Waals surface area contributed by atoms with E-state index in [2.05, 4.69) is 14.7 Å². The van der Waals surface area contributed by atoms with Crippen molar-refractivity contribution in [1.29, 1.82) is 0 Å². The predicted molar refractivity (Wildman–Crippen MR) is 94.6 cm³/mol. The fourth-order valence-electron chi connectivity index (χ4n) is 2.65. The van der Waals surface area contributed by atoms with Gasteiger partial charge < -0.3 is 0 Å². The summed E-state index contributed by atoms with van der Waals surface area (Å²) in [6, 6.07) is 5.40. The molecule has 0 amide bonds. The molecule has 0 aliphatic rings. The maximum Gasteiger partial charge on any atom is 0.433 e. The molecule has 0 radical (unpaired) electrons. The first-order valence-electron chi connectivity index (χ1n) is 7.83. The molecule has 0 saturated carbocycles. The largest absolute Gasteiger partial charge is 0.433 e. The van der Waals surface area contributed by atoms with Crippen molar-refractivity contribution in [2.24, 2.45) is 0 Å². The summed E-state index contributed by atoms with van der Waals surface area (Å²) in [7, 11) is -5.03. The lowest BCUT2D eigenvalue weighted by Gasteiger charge is -2.40. The number of aromatic nitrogens is 2. The number of nitrogens with one attached hydrogen (secondary N) is 1. The molecule has 5 nitrogen and oxygen atoms in total. The van der Waals surface area contributed by atoms with Crippen molar-refractivity contribution in [2.75, 3.05) is 11.0 Å². The summed E-state index contributed by atoms with van der Waals surface area (Å²) in [5, 5.41) is -0.307. The zero-order valence-corrected chi connectivity index (χ0v) is 15.4. The van der Waals surface area contributed by atoms with Gasteiger partial charge >= 0.3 is 12.4 Å². The molecular weight excluding hydrogens is 424 g/mol. The molecular formula is C17H13F6N3O2S. The normalized spacial score (nSPS) is 14.4. The number of fused-ring (bicyclic) bond motifs is 1. The zero-order valence-electron chi connectivity index (χ0n) is 14.5. The summed E-state index contributed by atoms with van der Waals surface area (Å²) < 4.78 is 104. The Hall–Kier alpha value is -2.73. The van der Waals surface area contributed by atoms with E-state index in [1.165, 1.54) is 12.3 Å². The Bertz CT molecular complexity index is 1140. The van der Waals surface area contributed by atoms with Gasteiger partial charge in [0.25, 0.3) is 0 Å². The number of rotatable bonds is 3. The highest BCUT2D eigenvalue weighted by molar-refractivity contribution is 8.15. The number of benzene rings is 1. The van der Waals surface area contributed by atoms with Crippen molar-refractivity contribution in [3.05, 3.63) is 60.0 Å². The van der Waals surface area contributed by atoms with E-state index in [9.17, 15) is 35.1 Å². The van der Waals surface area contributed by atoms with Gasteiger partial charge in [-0.1, -0.05) is 6.07 Å². The number of anilines is 1. The summed E-state index contributed by atoms with van der Waals surface area (Å²) in [6.07, 6.45) is -6.81. The molecule has 1 aromatic carbocycles. The molecule has 2 heterocycles. The van der Waals surface area contributed by atoms with Crippen LogP contribution >= 0.6 is 0 Å². The molecule has 3 rings (SSSR count). The molecule has 0 atom stereocenters. The van der Waals surface area contributed by atoms with Crippen molar-refractivity contribution in [2.45, 2.75) is 17.2 Å². The monoisotopic (exact) mass is 437 g/mol. The van der Waals surface area contributed by atoms with Crippen molar-refractivity contribution in [1.82, 2.24) is 9.97 Å². The highest BCUT2D eigenvalue weighted by Crippen LogP contribution is 2.39. The highest BCUT2D eigenvalue weighted by atomic mass is 32.3. The van der Waals surface area contributed by atoms with E-state index in [1.807, 2.05) is 0 Å². The Morgan fingerprint density at radius 3 is 2.21 bits per heavy atom. The molecule has 0 bridgehead atoms. The molecule has 0 saturated heterocycles. The van der Waals surface area contributed by atoms with E-state index in [1.54, 1.807) is 0 Å². The van der Waals surface area contributed by atoms with Crippen LogP contribution in [0.1, 0.15) is 11.3 Å². The summed E-state index contributed by atoms with van der Waals surface area (Å²) >= 11 is 0. The molecule has 29 heavy (non-hydrogen) atoms. The number of hydrogen-bond donors (Lipinski definition) is 2. The summed E-state index contributed by atoms with van der Waals surface area (Å²) in [5.41, 5.74) is -2.67. The lowest BCUT2D eigenvalue weighted by Crippen LogP contribution is -2.39. The lowest BCUT2D eigenvalue weighted by atomic mass is 10.1. The van der Waals surface area contributed by atoms with E-state index in [4.69, 9.17) is 0 Å². The number of halogens is 6. The van der Waals surface area contributed by atoms with Crippen molar-refractivity contribution in [3.63, 3.8) is 0 Å². The molecule has 0 aliphatic carbocycles. The maximum absolute atomic E-state index is 13.2. The van der Waals surface area contributed by atoms with Crippen LogP contribution in [0.3, 0.4) is 0 Å². The standard InChI is InChI=1S/C17H13F6N3O2S/c1-29(27,28,10-4-7-14(25-9-10)17(21,22)23)26-13-6-5-12(16(18,19)20)11-3-2-8-24-15(11)13/h2-9H,1H3,(H2,26,27,28). The summed E-state index contributed by atoms with van der Waals surface area (Å²) in [5.74, 6) is 0. The topological polar surface area (TPSA) is 75.1 Å². The number of alkyl halides is 6. The molecule has 3 aromatic rings. The van der Waals surface area contributed by atoms with Crippen LogP contribution in [0.25, 0.3) is 10.9 Å². The summed E-state index contributed by atoms with van der Waals surface area (Å²) in [6.45, 7) is 0. The van der Waals surface area contributed by atoms with E-state index in [0.29, 0.717) is 12.3 Å². The molecule has 0 spiro atoms. The first kappa shape index (κ1) is 21.0. The fraction of sp³-hybridized carbons (Fsp3) is 0.176. The van der Waals surface area contributed by atoms with Crippen LogP contribution in [0.5, 0.6) is 0 Å². The van der Waals surface area contributed by atoms with Gasteiger partial charge in [0, 0.05) is 17.8 Å². The first-order chi connectivity index (χ1) is 13.2. The molecule has 0 fully saturated rings. The summed E-state index contributed by atoms with van der Waals surface area (Å²) in [4.78, 5) is 6.53. The predicted octanol–water partition coefficient (Wildman–Crippen LogP) is 4.98. The molecule has 12 heteroatoms. The van der Waals surface area contributed by atoms with Gasteiger partial charge in [0.15, 0.2) is 0 Å². The van der Waals surface area contributed by atoms with Gasteiger partial charge in [0.2, 0.25) is 0 Å². The lowest BCUT2D eigenvalue weighted by molar-refractivity contribution is -0.141. The van der Waals surface area contributed by atoms with E-state index >= 15 is 0 Å². The third-order valence-electron chi connectivity index (χ3n) is 4.01. The van der Waals surface area contributed by atoms with Crippen LogP contribution < -0.4 is 4.72 Å². The minimum Gasteiger partial charge on any atom is -0.284 e. The quantitative estimate of drug-likeness (QED) is 0.567. The Balaban J connectivity index is 2.09. The Morgan fingerprint density at radius 1 is 0.966 bits per heavy atom. The van der Waals surface area contributed by atoms with Crippen molar-refractivity contribution < 1.29 is 35.1 Å². The highest BCUT2D eigenvalue weighted by Gasteiger charge is 2.35. The first-order valence-corrected chi connectivity index (χ1v) is 10.2. The average Bonchev–Trinajstić information content (AvgIpc) is 2.59. The van der Waals surface area contributed by atoms with Crippen LogP contribution in [0.2, 0.25) is 0 Å². The average molecular weight is 437 g/mol. The number of nitrogens with zero attached hydrogens (tertiary/aromatic N) is 2. The molecule has 156 valence electrons. The van der Waals surface area contributed by atoms with Gasteiger partial charge in [-0.15, -0.1) is 9.53 Å². The van der Waals surface area contributed by atoms with Crippen LogP contribution in [-0.2, 0) is 21.9 Å². The Labute approximate surface area is 160 Å². The van der Waals surface area contributed by atoms with E-state index in [-0.39, 0.29) is 16.6 Å². The minimum atomic E-state index is -5.03. The maximum atomic E-state index is 13.2. The van der Waals surface area contributed by atoms with Crippen LogP contribution in [0, 0.1) is 0 Å². The van der Waals surface area contributed by atoms with Gasteiger partial charge in [0.1, 0.15) is 5.69 Å². The second-order valence-corrected chi connectivity index (χ2v) is 9.56. The molecule has 2 aromatic heterocycles. The van der Waals surface area contributed by atoms with Gasteiger partial charge in [-0.25, -0.2) is 4.98 Å². The minimum absolute atomic E-state index is 0.199. The Morgan fingerprint density at radius 2 is 1.66 bits per heavy atom. The molecule has 2 N–H and O–H groups in total. The van der Waals surface area contributed by atoms with Gasteiger partial charge in [-0.3, -0.25) is 14.3 Å². The van der Waals surface area contributed by atoms with Gasteiger partial charge in [0.05, 0.1) is 27.9 Å². The van der Waals surface area contributed by atoms with E-state index in [0.717, 1.165) is 30.5 Å². The molecule has 0 aliphatic heterocycles.